The molecule has 126 valence electrons. The van der Waals surface area contributed by atoms with Gasteiger partial charge in [-0.1, -0.05) is 36.4 Å². The first-order valence-electron chi connectivity index (χ1n) is 8.48. The Morgan fingerprint density at radius 2 is 1.64 bits per heavy atom. The van der Waals surface area contributed by atoms with E-state index in [4.69, 9.17) is 4.98 Å². The lowest BCUT2D eigenvalue weighted by molar-refractivity contribution is -0.0761. The molecule has 4 heteroatoms. The number of fused-ring (bicyclic) bond motifs is 3. The van der Waals surface area contributed by atoms with Crippen LogP contribution in [-0.4, -0.2) is 9.38 Å². The number of pyridine rings is 1. The van der Waals surface area contributed by atoms with Gasteiger partial charge < -0.3 is 0 Å². The van der Waals surface area contributed by atoms with Gasteiger partial charge in [0.25, 0.3) is 5.92 Å². The van der Waals surface area contributed by atoms with Gasteiger partial charge in [-0.05, 0) is 38.6 Å². The van der Waals surface area contributed by atoms with Crippen molar-refractivity contribution in [2.24, 2.45) is 0 Å². The Labute approximate surface area is 144 Å². The molecule has 1 aliphatic rings. The molecule has 5 rings (SSSR count). The minimum Gasteiger partial charge on any atom is -0.295 e. The molecular formula is C21H18F2N2. The molecule has 3 heterocycles. The number of hydrogen-bond acceptors (Lipinski definition) is 1. The Hall–Kier alpha value is -2.49. The van der Waals surface area contributed by atoms with Gasteiger partial charge in [-0.3, -0.25) is 4.40 Å². The predicted molar refractivity (Wildman–Crippen MR) is 96.6 cm³/mol. The van der Waals surface area contributed by atoms with E-state index in [2.05, 4.69) is 0 Å². The molecule has 0 spiro atoms. The molecule has 0 radical (unpaired) electrons. The highest BCUT2D eigenvalue weighted by molar-refractivity contribution is 6.14. The van der Waals surface area contributed by atoms with Crippen molar-refractivity contribution in [1.29, 1.82) is 0 Å². The number of nitrogens with zero attached hydrogens (tertiary/aromatic N) is 2. The van der Waals surface area contributed by atoms with Crippen LogP contribution in [0.1, 0.15) is 36.4 Å². The Balaban J connectivity index is 2.26. The molecule has 25 heavy (non-hydrogen) atoms. The van der Waals surface area contributed by atoms with E-state index < -0.39 is 11.3 Å². The monoisotopic (exact) mass is 336 g/mol. The SMILES string of the molecule is Cc1nc2c3ccccc3c3c(C)ccc4c3n2c1C(C)(C)C4(F)F. The van der Waals surface area contributed by atoms with Crippen molar-refractivity contribution in [3.8, 4) is 0 Å². The fourth-order valence-corrected chi connectivity index (χ4v) is 4.56. The third kappa shape index (κ3) is 1.47. The molecule has 0 saturated carbocycles. The van der Waals surface area contributed by atoms with E-state index in [-0.39, 0.29) is 5.56 Å². The standard InChI is InChI=1S/C21H18F2N2/c1-11-9-10-15-17-16(11)13-7-5-6-8-14(13)19-24-12(2)18(25(17)19)20(3,4)21(15,22)23/h5-10H,1-4H3. The van der Waals surface area contributed by atoms with Gasteiger partial charge in [0.15, 0.2) is 0 Å². The highest BCUT2D eigenvalue weighted by Crippen LogP contribution is 2.54. The molecule has 0 aliphatic carbocycles. The Kier molecular flexibility index (Phi) is 2.48. The molecule has 0 amide bonds. The first-order chi connectivity index (χ1) is 11.8. The number of benzene rings is 2. The van der Waals surface area contributed by atoms with Crippen molar-refractivity contribution in [1.82, 2.24) is 9.38 Å². The zero-order valence-corrected chi connectivity index (χ0v) is 14.6. The normalized spacial score (nSPS) is 17.8. The van der Waals surface area contributed by atoms with Crippen LogP contribution in [0.4, 0.5) is 8.78 Å². The van der Waals surface area contributed by atoms with Crippen molar-refractivity contribution in [2.45, 2.75) is 39.0 Å². The minimum absolute atomic E-state index is 0.0961. The molecule has 0 unspecified atom stereocenters. The van der Waals surface area contributed by atoms with E-state index in [1.807, 2.05) is 48.6 Å². The lowest BCUT2D eigenvalue weighted by atomic mass is 9.74. The van der Waals surface area contributed by atoms with Crippen LogP contribution >= 0.6 is 0 Å². The van der Waals surface area contributed by atoms with Crippen LogP contribution < -0.4 is 0 Å². The summed E-state index contributed by atoms with van der Waals surface area (Å²) in [5, 5.41) is 2.89. The van der Waals surface area contributed by atoms with Crippen LogP contribution in [0.5, 0.6) is 0 Å². The van der Waals surface area contributed by atoms with E-state index in [1.54, 1.807) is 19.9 Å². The Morgan fingerprint density at radius 3 is 2.36 bits per heavy atom. The molecule has 0 N–H and O–H groups in total. The molecule has 1 aliphatic heterocycles. The van der Waals surface area contributed by atoms with Crippen LogP contribution in [0.25, 0.3) is 27.3 Å². The molecule has 4 aromatic rings. The second-order valence-electron chi connectivity index (χ2n) is 7.60. The molecule has 0 atom stereocenters. The van der Waals surface area contributed by atoms with Crippen LogP contribution in [0.2, 0.25) is 0 Å². The van der Waals surface area contributed by atoms with Gasteiger partial charge in [0, 0.05) is 16.3 Å². The third-order valence-corrected chi connectivity index (χ3v) is 5.81. The zero-order valence-electron chi connectivity index (χ0n) is 14.6. The molecule has 0 saturated heterocycles. The fourth-order valence-electron chi connectivity index (χ4n) is 4.56. The highest BCUT2D eigenvalue weighted by Gasteiger charge is 2.55. The summed E-state index contributed by atoms with van der Waals surface area (Å²) in [6.07, 6.45) is 0. The summed E-state index contributed by atoms with van der Waals surface area (Å²) in [5.41, 5.74) is 2.44. The number of hydrogen-bond donors (Lipinski definition) is 0. The maximum Gasteiger partial charge on any atom is 0.285 e. The quantitative estimate of drug-likeness (QED) is 0.380. The van der Waals surface area contributed by atoms with Gasteiger partial charge in [0.2, 0.25) is 0 Å². The number of aryl methyl sites for hydroxylation is 2. The molecule has 2 aromatic carbocycles. The third-order valence-electron chi connectivity index (χ3n) is 5.81. The lowest BCUT2D eigenvalue weighted by Crippen LogP contribution is -2.42. The Morgan fingerprint density at radius 1 is 0.960 bits per heavy atom. The Bertz CT molecular complexity index is 1220. The summed E-state index contributed by atoms with van der Waals surface area (Å²) in [6.45, 7) is 7.06. The second-order valence-corrected chi connectivity index (χ2v) is 7.60. The molecule has 0 bridgehead atoms. The smallest absolute Gasteiger partial charge is 0.285 e. The van der Waals surface area contributed by atoms with E-state index in [1.165, 1.54) is 0 Å². The zero-order chi connectivity index (χ0) is 17.7. The lowest BCUT2D eigenvalue weighted by Gasteiger charge is -2.39. The van der Waals surface area contributed by atoms with Crippen LogP contribution in [0.15, 0.2) is 36.4 Å². The fraction of sp³-hybridized carbons (Fsp3) is 0.286. The number of imidazole rings is 1. The summed E-state index contributed by atoms with van der Waals surface area (Å²) < 4.78 is 33.0. The summed E-state index contributed by atoms with van der Waals surface area (Å²) in [5.74, 6) is -2.96. The maximum atomic E-state index is 15.5. The predicted octanol–water partition coefficient (Wildman–Crippen LogP) is 5.64. The van der Waals surface area contributed by atoms with E-state index in [9.17, 15) is 0 Å². The largest absolute Gasteiger partial charge is 0.295 e. The number of aromatic nitrogens is 2. The van der Waals surface area contributed by atoms with Crippen molar-refractivity contribution >= 4 is 27.3 Å². The summed E-state index contributed by atoms with van der Waals surface area (Å²) in [6, 6.07) is 11.4. The maximum absolute atomic E-state index is 15.5. The van der Waals surface area contributed by atoms with Crippen LogP contribution in [0.3, 0.4) is 0 Å². The van der Waals surface area contributed by atoms with Crippen molar-refractivity contribution < 1.29 is 8.78 Å². The van der Waals surface area contributed by atoms with Gasteiger partial charge in [-0.25, -0.2) is 13.8 Å². The van der Waals surface area contributed by atoms with E-state index in [0.717, 1.165) is 27.4 Å². The van der Waals surface area contributed by atoms with E-state index >= 15 is 8.78 Å². The summed E-state index contributed by atoms with van der Waals surface area (Å²) >= 11 is 0. The number of rotatable bonds is 0. The first kappa shape index (κ1) is 14.8. The van der Waals surface area contributed by atoms with Gasteiger partial charge in [-0.15, -0.1) is 0 Å². The van der Waals surface area contributed by atoms with Gasteiger partial charge in [0.05, 0.1) is 22.3 Å². The highest BCUT2D eigenvalue weighted by atomic mass is 19.3. The average Bonchev–Trinajstić information content (AvgIpc) is 2.91. The number of halogens is 2. The topological polar surface area (TPSA) is 17.3 Å². The van der Waals surface area contributed by atoms with Crippen molar-refractivity contribution in [3.05, 3.63) is 58.9 Å². The average molecular weight is 336 g/mol. The molecule has 2 nitrogen and oxygen atoms in total. The minimum atomic E-state index is -2.96. The molecular weight excluding hydrogens is 318 g/mol. The summed E-state index contributed by atoms with van der Waals surface area (Å²) in [4.78, 5) is 4.72. The van der Waals surface area contributed by atoms with Gasteiger partial charge in [0.1, 0.15) is 5.65 Å². The van der Waals surface area contributed by atoms with Crippen LogP contribution in [0, 0.1) is 13.8 Å². The van der Waals surface area contributed by atoms with Crippen molar-refractivity contribution in [2.75, 3.05) is 0 Å². The first-order valence-corrected chi connectivity index (χ1v) is 8.48. The van der Waals surface area contributed by atoms with Crippen LogP contribution in [-0.2, 0) is 11.3 Å². The summed E-state index contributed by atoms with van der Waals surface area (Å²) in [7, 11) is 0. The molecule has 2 aromatic heterocycles. The van der Waals surface area contributed by atoms with E-state index in [0.29, 0.717) is 16.9 Å². The van der Waals surface area contributed by atoms with Crippen molar-refractivity contribution in [3.63, 3.8) is 0 Å². The van der Waals surface area contributed by atoms with Gasteiger partial charge in [-0.2, -0.15) is 0 Å². The number of alkyl halides is 2. The second kappa shape index (κ2) is 4.18. The molecule has 0 fully saturated rings. The van der Waals surface area contributed by atoms with Gasteiger partial charge >= 0.3 is 0 Å².